The van der Waals surface area contributed by atoms with Crippen LogP contribution in [-0.4, -0.2) is 32.0 Å². The second-order valence-electron chi connectivity index (χ2n) is 6.02. The maximum atomic E-state index is 12.1. The minimum atomic E-state index is -0.185. The van der Waals surface area contributed by atoms with E-state index in [1.165, 1.54) is 16.7 Å². The van der Waals surface area contributed by atoms with Gasteiger partial charge in [-0.25, -0.2) is 0 Å². The third-order valence-electron chi connectivity index (χ3n) is 3.99. The van der Waals surface area contributed by atoms with E-state index < -0.39 is 0 Å². The van der Waals surface area contributed by atoms with Crippen LogP contribution in [0.25, 0.3) is 0 Å². The van der Waals surface area contributed by atoms with Crippen LogP contribution < -0.4 is 16.0 Å². The van der Waals surface area contributed by atoms with Crippen molar-refractivity contribution < 1.29 is 4.79 Å². The molecule has 0 aliphatic heterocycles. The summed E-state index contributed by atoms with van der Waals surface area (Å²) in [5, 5.41) is 9.75. The van der Waals surface area contributed by atoms with Crippen molar-refractivity contribution >= 4 is 23.5 Å². The van der Waals surface area contributed by atoms with Crippen LogP contribution in [0.1, 0.15) is 27.0 Å². The quantitative estimate of drug-likeness (QED) is 0.415. The molecule has 0 atom stereocenters. The topological polar surface area (TPSA) is 65.5 Å². The molecule has 2 aromatic carbocycles. The Kier molecular flexibility index (Phi) is 7.48. The van der Waals surface area contributed by atoms with Gasteiger partial charge >= 0.3 is 0 Å². The van der Waals surface area contributed by atoms with Crippen LogP contribution in [0.5, 0.6) is 0 Å². The Hall–Kier alpha value is -2.53. The maximum Gasteiger partial charge on any atom is 0.252 e. The molecule has 6 heteroatoms. The van der Waals surface area contributed by atoms with E-state index in [9.17, 15) is 4.79 Å². The first-order chi connectivity index (χ1) is 12.5. The Labute approximate surface area is 159 Å². The smallest absolute Gasteiger partial charge is 0.252 e. The summed E-state index contributed by atoms with van der Waals surface area (Å²) in [4.78, 5) is 16.3. The normalized spacial score (nSPS) is 11.2. The van der Waals surface area contributed by atoms with E-state index in [1.807, 2.05) is 0 Å². The molecule has 0 unspecified atom stereocenters. The van der Waals surface area contributed by atoms with E-state index in [-0.39, 0.29) is 5.91 Å². The number of amides is 1. The molecule has 3 N–H and O–H groups in total. The molecule has 0 aliphatic rings. The average Bonchev–Trinajstić information content (AvgIpc) is 2.62. The Morgan fingerprint density at radius 2 is 1.77 bits per heavy atom. The van der Waals surface area contributed by atoms with Gasteiger partial charge in [-0.3, -0.25) is 9.79 Å². The Morgan fingerprint density at radius 3 is 2.46 bits per heavy atom. The number of carbonyl (C=O) groups excluding carboxylic acids is 1. The number of hydrogen-bond acceptors (Lipinski definition) is 2. The van der Waals surface area contributed by atoms with Crippen molar-refractivity contribution in [3.8, 4) is 0 Å². The number of nitrogens with zero attached hydrogens (tertiary/aromatic N) is 1. The largest absolute Gasteiger partial charge is 0.355 e. The lowest BCUT2D eigenvalue weighted by Crippen LogP contribution is -2.41. The molecule has 0 bridgehead atoms. The number of nitrogens with one attached hydrogen (secondary N) is 3. The lowest BCUT2D eigenvalue weighted by atomic mass is 10.1. The summed E-state index contributed by atoms with van der Waals surface area (Å²) in [6, 6.07) is 13.4. The number of carbonyl (C=O) groups is 1. The number of guanidine groups is 1. The predicted molar refractivity (Wildman–Crippen MR) is 108 cm³/mol. The van der Waals surface area contributed by atoms with Crippen molar-refractivity contribution in [1.29, 1.82) is 0 Å². The average molecular weight is 373 g/mol. The minimum absolute atomic E-state index is 0.185. The summed E-state index contributed by atoms with van der Waals surface area (Å²) >= 11 is 6.02. The van der Waals surface area contributed by atoms with Gasteiger partial charge in [-0.1, -0.05) is 47.5 Å². The summed E-state index contributed by atoms with van der Waals surface area (Å²) in [6.07, 6.45) is 0. The molecule has 138 valence electrons. The molecule has 0 radical (unpaired) electrons. The van der Waals surface area contributed by atoms with Gasteiger partial charge in [0.05, 0.1) is 10.6 Å². The standard InChI is InChI=1S/C20H25ClN4O/c1-14-8-9-16(15(2)12-14)13-25-20(22-3)24-11-10-23-19(26)17-6-4-5-7-18(17)21/h4-9,12H,10-11,13H2,1-3H3,(H,23,26)(H2,22,24,25). The zero-order valence-electron chi connectivity index (χ0n) is 15.4. The fraction of sp³-hybridized carbons (Fsp3) is 0.300. The van der Waals surface area contributed by atoms with Gasteiger partial charge in [-0.15, -0.1) is 0 Å². The van der Waals surface area contributed by atoms with Gasteiger partial charge in [-0.2, -0.15) is 0 Å². The molecule has 0 saturated carbocycles. The Balaban J connectivity index is 1.75. The van der Waals surface area contributed by atoms with Crippen LogP contribution in [0.2, 0.25) is 5.02 Å². The molecule has 0 aliphatic carbocycles. The Morgan fingerprint density at radius 1 is 1.04 bits per heavy atom. The highest BCUT2D eigenvalue weighted by Crippen LogP contribution is 2.14. The summed E-state index contributed by atoms with van der Waals surface area (Å²) in [7, 11) is 1.72. The summed E-state index contributed by atoms with van der Waals surface area (Å²) in [5.74, 6) is 0.507. The van der Waals surface area contributed by atoms with Crippen molar-refractivity contribution in [3.63, 3.8) is 0 Å². The third-order valence-corrected chi connectivity index (χ3v) is 4.32. The molecule has 0 fully saturated rings. The van der Waals surface area contributed by atoms with Crippen LogP contribution >= 0.6 is 11.6 Å². The van der Waals surface area contributed by atoms with E-state index in [4.69, 9.17) is 11.6 Å². The second kappa shape index (κ2) is 9.82. The molecule has 0 aromatic heterocycles. The lowest BCUT2D eigenvalue weighted by molar-refractivity contribution is 0.0954. The SMILES string of the molecule is CN=C(NCCNC(=O)c1ccccc1Cl)NCc1ccc(C)cc1C. The monoisotopic (exact) mass is 372 g/mol. The number of halogens is 1. The van der Waals surface area contributed by atoms with Crippen molar-refractivity contribution in [2.45, 2.75) is 20.4 Å². The van der Waals surface area contributed by atoms with E-state index in [0.29, 0.717) is 36.2 Å². The van der Waals surface area contributed by atoms with Crippen molar-refractivity contribution in [2.24, 2.45) is 4.99 Å². The highest BCUT2D eigenvalue weighted by Gasteiger charge is 2.08. The van der Waals surface area contributed by atoms with Crippen LogP contribution in [0, 0.1) is 13.8 Å². The molecular weight excluding hydrogens is 348 g/mol. The minimum Gasteiger partial charge on any atom is -0.355 e. The summed E-state index contributed by atoms with van der Waals surface area (Å²) in [6.45, 7) is 5.90. The fourth-order valence-corrected chi connectivity index (χ4v) is 2.76. The van der Waals surface area contributed by atoms with Gasteiger partial charge in [0.1, 0.15) is 0 Å². The van der Waals surface area contributed by atoms with Crippen molar-refractivity contribution in [1.82, 2.24) is 16.0 Å². The van der Waals surface area contributed by atoms with Gasteiger partial charge in [0.2, 0.25) is 0 Å². The van der Waals surface area contributed by atoms with Crippen LogP contribution in [0.4, 0.5) is 0 Å². The zero-order chi connectivity index (χ0) is 18.9. The molecular formula is C20H25ClN4O. The number of aliphatic imine (C=N–C) groups is 1. The van der Waals surface area contributed by atoms with Crippen LogP contribution in [0.15, 0.2) is 47.5 Å². The first-order valence-electron chi connectivity index (χ1n) is 8.54. The number of rotatable bonds is 6. The van der Waals surface area contributed by atoms with Crippen molar-refractivity contribution in [2.75, 3.05) is 20.1 Å². The maximum absolute atomic E-state index is 12.1. The number of aryl methyl sites for hydroxylation is 2. The number of hydrogen-bond donors (Lipinski definition) is 3. The number of benzene rings is 2. The highest BCUT2D eigenvalue weighted by molar-refractivity contribution is 6.33. The fourth-order valence-electron chi connectivity index (χ4n) is 2.54. The second-order valence-corrected chi connectivity index (χ2v) is 6.43. The Bertz CT molecular complexity index is 789. The van der Waals surface area contributed by atoms with E-state index >= 15 is 0 Å². The van der Waals surface area contributed by atoms with Gasteiger partial charge in [-0.05, 0) is 37.1 Å². The van der Waals surface area contributed by atoms with Crippen LogP contribution in [-0.2, 0) is 6.54 Å². The molecule has 0 saturated heterocycles. The molecule has 5 nitrogen and oxygen atoms in total. The molecule has 0 heterocycles. The predicted octanol–water partition coefficient (Wildman–Crippen LogP) is 3.05. The molecule has 26 heavy (non-hydrogen) atoms. The van der Waals surface area contributed by atoms with Crippen molar-refractivity contribution in [3.05, 3.63) is 69.7 Å². The van der Waals surface area contributed by atoms with Gasteiger partial charge in [0.15, 0.2) is 5.96 Å². The van der Waals surface area contributed by atoms with E-state index in [1.54, 1.807) is 31.3 Å². The van der Waals surface area contributed by atoms with Gasteiger partial charge < -0.3 is 16.0 Å². The first kappa shape index (κ1) is 19.8. The summed E-state index contributed by atoms with van der Waals surface area (Å²) < 4.78 is 0. The molecule has 2 aromatic rings. The lowest BCUT2D eigenvalue weighted by Gasteiger charge is -2.14. The molecule has 0 spiro atoms. The first-order valence-corrected chi connectivity index (χ1v) is 8.92. The van der Waals surface area contributed by atoms with Gasteiger partial charge in [0, 0.05) is 26.7 Å². The van der Waals surface area contributed by atoms with Gasteiger partial charge in [0.25, 0.3) is 5.91 Å². The van der Waals surface area contributed by atoms with E-state index in [2.05, 4.69) is 53.0 Å². The highest BCUT2D eigenvalue weighted by atomic mass is 35.5. The molecule has 2 rings (SSSR count). The third kappa shape index (κ3) is 5.77. The molecule has 1 amide bonds. The summed E-state index contributed by atoms with van der Waals surface area (Å²) in [5.41, 5.74) is 4.21. The van der Waals surface area contributed by atoms with Crippen LogP contribution in [0.3, 0.4) is 0 Å². The van der Waals surface area contributed by atoms with E-state index in [0.717, 1.165) is 0 Å². The zero-order valence-corrected chi connectivity index (χ0v) is 16.2.